The number of hydrogen-bond acceptors (Lipinski definition) is 6. The van der Waals surface area contributed by atoms with Crippen LogP contribution >= 0.6 is 0 Å². The number of methoxy groups -OCH3 is 1. The first kappa shape index (κ1) is 21.8. The molecule has 4 heterocycles. The Morgan fingerprint density at radius 3 is 2.74 bits per heavy atom. The number of hydrogen-bond donors (Lipinski definition) is 1. The van der Waals surface area contributed by atoms with Gasteiger partial charge in [-0.2, -0.15) is 0 Å². The van der Waals surface area contributed by atoms with Crippen LogP contribution in [0.15, 0.2) is 36.9 Å². The van der Waals surface area contributed by atoms with E-state index in [9.17, 15) is 9.90 Å². The van der Waals surface area contributed by atoms with Gasteiger partial charge >= 0.3 is 5.97 Å². The average Bonchev–Trinajstić information content (AvgIpc) is 2.76. The molecule has 3 aliphatic rings. The van der Waals surface area contributed by atoms with E-state index in [-0.39, 0.29) is 11.7 Å². The fraction of sp³-hybridized carbons (Fsp3) is 0.520. The van der Waals surface area contributed by atoms with Gasteiger partial charge in [-0.25, -0.2) is 9.78 Å². The van der Waals surface area contributed by atoms with Gasteiger partial charge in [0.25, 0.3) is 0 Å². The van der Waals surface area contributed by atoms with Crippen molar-refractivity contribution in [2.75, 3.05) is 20.2 Å². The van der Waals surface area contributed by atoms with Crippen molar-refractivity contribution < 1.29 is 19.4 Å². The van der Waals surface area contributed by atoms with Crippen LogP contribution in [0, 0.1) is 11.8 Å². The summed E-state index contributed by atoms with van der Waals surface area (Å²) in [4.78, 5) is 19.7. The molecule has 2 unspecified atom stereocenters. The molecule has 0 spiro atoms. The molecule has 5 rings (SSSR count). The minimum absolute atomic E-state index is 0.00163. The number of fused-ring (bicyclic) bond motifs is 4. The molecular weight excluding hydrogens is 392 g/mol. The molecule has 0 saturated carbocycles. The van der Waals surface area contributed by atoms with Crippen LogP contribution < -0.4 is 4.74 Å². The van der Waals surface area contributed by atoms with Crippen LogP contribution in [0.3, 0.4) is 0 Å². The second-order valence-electron chi connectivity index (χ2n) is 9.67. The van der Waals surface area contributed by atoms with E-state index in [2.05, 4.69) is 16.5 Å². The molecule has 1 aromatic carbocycles. The summed E-state index contributed by atoms with van der Waals surface area (Å²) in [6.45, 7) is 11.4. The van der Waals surface area contributed by atoms with E-state index in [1.54, 1.807) is 13.2 Å². The SMILES string of the molecule is C=C[C@H]1CN2CCC1C[C@H]2[C@H](O)c1cc(C(=O)OC(C)(C)C)nc2ccc(OC)cc12. The zero-order valence-corrected chi connectivity index (χ0v) is 18.8. The van der Waals surface area contributed by atoms with Crippen molar-refractivity contribution in [3.05, 3.63) is 48.2 Å². The maximum atomic E-state index is 12.8. The fourth-order valence-electron chi connectivity index (χ4n) is 4.95. The van der Waals surface area contributed by atoms with Gasteiger partial charge < -0.3 is 14.6 Å². The van der Waals surface area contributed by atoms with Crippen molar-refractivity contribution >= 4 is 16.9 Å². The summed E-state index contributed by atoms with van der Waals surface area (Å²) in [6.07, 6.45) is 3.35. The first-order valence-corrected chi connectivity index (χ1v) is 11.0. The highest BCUT2D eigenvalue weighted by atomic mass is 16.6. The number of piperidine rings is 3. The lowest BCUT2D eigenvalue weighted by Crippen LogP contribution is -2.54. The molecule has 2 bridgehead atoms. The fourth-order valence-corrected chi connectivity index (χ4v) is 4.95. The van der Waals surface area contributed by atoms with Crippen molar-refractivity contribution in [1.29, 1.82) is 0 Å². The number of pyridine rings is 1. The number of carbonyl (C=O) groups is 1. The molecule has 5 atom stereocenters. The van der Waals surface area contributed by atoms with E-state index in [1.807, 2.05) is 45.0 Å². The number of nitrogens with zero attached hydrogens (tertiary/aromatic N) is 2. The number of esters is 1. The summed E-state index contributed by atoms with van der Waals surface area (Å²) in [5.74, 6) is 1.21. The molecule has 3 fully saturated rings. The second-order valence-corrected chi connectivity index (χ2v) is 9.67. The quantitative estimate of drug-likeness (QED) is 0.575. The Bertz CT molecular complexity index is 997. The Morgan fingerprint density at radius 1 is 1.35 bits per heavy atom. The Morgan fingerprint density at radius 2 is 2.13 bits per heavy atom. The van der Waals surface area contributed by atoms with Crippen molar-refractivity contribution in [2.24, 2.45) is 11.8 Å². The van der Waals surface area contributed by atoms with Gasteiger partial charge in [-0.1, -0.05) is 6.08 Å². The van der Waals surface area contributed by atoms with Crippen molar-refractivity contribution in [1.82, 2.24) is 9.88 Å². The number of carbonyl (C=O) groups excluding carboxylic acids is 1. The summed E-state index contributed by atoms with van der Waals surface area (Å²) in [7, 11) is 1.61. The molecule has 0 amide bonds. The van der Waals surface area contributed by atoms with Crippen LogP contribution in [0.4, 0.5) is 0 Å². The van der Waals surface area contributed by atoms with Crippen molar-refractivity contribution in [3.63, 3.8) is 0 Å². The van der Waals surface area contributed by atoms with E-state index in [0.29, 0.717) is 28.7 Å². The lowest BCUT2D eigenvalue weighted by Gasteiger charge is -2.50. The Kier molecular flexibility index (Phi) is 5.79. The largest absolute Gasteiger partial charge is 0.497 e. The minimum Gasteiger partial charge on any atom is -0.497 e. The Labute approximate surface area is 183 Å². The van der Waals surface area contributed by atoms with Crippen molar-refractivity contribution in [2.45, 2.75) is 51.4 Å². The van der Waals surface area contributed by atoms with Gasteiger partial charge in [0, 0.05) is 18.0 Å². The van der Waals surface area contributed by atoms with E-state index < -0.39 is 17.7 Å². The van der Waals surface area contributed by atoms with Crippen molar-refractivity contribution in [3.8, 4) is 5.75 Å². The van der Waals surface area contributed by atoms with Crippen LogP contribution in [0.2, 0.25) is 0 Å². The summed E-state index contributed by atoms with van der Waals surface area (Å²) in [5, 5.41) is 12.3. The topological polar surface area (TPSA) is 71.9 Å². The molecule has 3 saturated heterocycles. The molecule has 1 N–H and O–H groups in total. The standard InChI is InChI=1S/C25H32N2O4/c1-6-15-14-27-10-9-16(15)11-22(27)23(28)19-13-21(24(29)31-25(2,3)4)26-20-8-7-17(30-5)12-18(19)20/h6-8,12-13,15-16,22-23,28H,1,9-11,14H2,2-5H3/t15-,16?,22-,23+/m0/s1. The molecule has 0 radical (unpaired) electrons. The van der Waals surface area contributed by atoms with Crippen LogP contribution in [0.25, 0.3) is 10.9 Å². The Hall–Kier alpha value is -2.44. The smallest absolute Gasteiger partial charge is 0.357 e. The van der Waals surface area contributed by atoms with E-state index in [0.717, 1.165) is 31.3 Å². The number of rotatable bonds is 5. The van der Waals surface area contributed by atoms with Crippen LogP contribution in [-0.4, -0.2) is 52.8 Å². The van der Waals surface area contributed by atoms with Crippen LogP contribution in [0.5, 0.6) is 5.75 Å². The van der Waals surface area contributed by atoms with Gasteiger partial charge in [0.15, 0.2) is 0 Å². The first-order chi connectivity index (χ1) is 14.7. The summed E-state index contributed by atoms with van der Waals surface area (Å²) < 4.78 is 10.9. The highest BCUT2D eigenvalue weighted by Gasteiger charge is 2.42. The minimum atomic E-state index is -0.743. The lowest BCUT2D eigenvalue weighted by atomic mass is 9.73. The zero-order valence-electron chi connectivity index (χ0n) is 18.8. The maximum Gasteiger partial charge on any atom is 0.357 e. The molecule has 166 valence electrons. The van der Waals surface area contributed by atoms with Crippen LogP contribution in [0.1, 0.15) is 55.8 Å². The van der Waals surface area contributed by atoms with Gasteiger partial charge in [-0.3, -0.25) is 4.90 Å². The number of benzene rings is 1. The second kappa shape index (κ2) is 8.24. The molecule has 6 nitrogen and oxygen atoms in total. The van der Waals surface area contributed by atoms with Gasteiger partial charge in [-0.15, -0.1) is 6.58 Å². The molecule has 2 aromatic rings. The van der Waals surface area contributed by atoms with E-state index >= 15 is 0 Å². The zero-order chi connectivity index (χ0) is 22.3. The normalized spacial score (nSPS) is 26.5. The Balaban J connectivity index is 1.75. The van der Waals surface area contributed by atoms with Gasteiger partial charge in [0.1, 0.15) is 17.0 Å². The molecule has 31 heavy (non-hydrogen) atoms. The van der Waals surface area contributed by atoms with Gasteiger partial charge in [0.2, 0.25) is 0 Å². The molecular formula is C25H32N2O4. The van der Waals surface area contributed by atoms with Gasteiger partial charge in [0.05, 0.1) is 18.7 Å². The first-order valence-electron chi connectivity index (χ1n) is 11.0. The number of aromatic nitrogens is 1. The predicted octanol–water partition coefficient (Wildman–Crippen LogP) is 4.13. The van der Waals surface area contributed by atoms with E-state index in [4.69, 9.17) is 9.47 Å². The lowest BCUT2D eigenvalue weighted by molar-refractivity contribution is -0.0445. The summed E-state index contributed by atoms with van der Waals surface area (Å²) >= 11 is 0. The maximum absolute atomic E-state index is 12.8. The number of aliphatic hydroxyl groups excluding tert-OH is 1. The average molecular weight is 425 g/mol. The molecule has 3 aliphatic heterocycles. The molecule has 0 aliphatic carbocycles. The highest BCUT2D eigenvalue weighted by molar-refractivity contribution is 5.93. The third-order valence-electron chi connectivity index (χ3n) is 6.49. The summed E-state index contributed by atoms with van der Waals surface area (Å²) in [6, 6.07) is 7.19. The number of aliphatic hydroxyl groups is 1. The summed E-state index contributed by atoms with van der Waals surface area (Å²) in [5.41, 5.74) is 0.914. The third-order valence-corrected chi connectivity index (χ3v) is 6.49. The monoisotopic (exact) mass is 424 g/mol. The van der Waals surface area contributed by atoms with Gasteiger partial charge in [-0.05, 0) is 81.8 Å². The predicted molar refractivity (Wildman–Crippen MR) is 120 cm³/mol. The van der Waals surface area contributed by atoms with Crippen LogP contribution in [-0.2, 0) is 4.74 Å². The molecule has 1 aromatic heterocycles. The third kappa shape index (κ3) is 4.32. The molecule has 6 heteroatoms. The number of ether oxygens (including phenoxy) is 2. The van der Waals surface area contributed by atoms with E-state index in [1.165, 1.54) is 0 Å². The highest BCUT2D eigenvalue weighted by Crippen LogP contribution is 2.42.